The minimum atomic E-state index is -0.145. The first-order valence-corrected chi connectivity index (χ1v) is 12.2. The molecule has 174 valence electrons. The molecule has 1 N–H and O–H groups in total. The summed E-state index contributed by atoms with van der Waals surface area (Å²) in [4.78, 5) is 28.5. The summed E-state index contributed by atoms with van der Waals surface area (Å²) in [5.41, 5.74) is 1.19. The van der Waals surface area contributed by atoms with E-state index >= 15 is 0 Å². The molecule has 3 aromatic rings. The number of ether oxygens (including phenoxy) is 1. The number of nitrogens with zero attached hydrogens (tertiary/aromatic N) is 5. The number of hydrogen-bond acceptors (Lipinski definition) is 10. The molecule has 33 heavy (non-hydrogen) atoms. The average molecular weight is 489 g/mol. The number of carbonyl (C=O) groups excluding carboxylic acids is 2. The SMILES string of the molecule is COCCNC(=O)CSc1nnc(N2CCN(C(=O)c3cc(-c4ccccc4)on3)CC2)s1. The van der Waals surface area contributed by atoms with Crippen molar-refractivity contribution in [3.8, 4) is 11.3 Å². The van der Waals surface area contributed by atoms with Crippen LogP contribution in [0.1, 0.15) is 10.5 Å². The van der Waals surface area contributed by atoms with Crippen molar-refractivity contribution < 1.29 is 18.8 Å². The van der Waals surface area contributed by atoms with Crippen molar-refractivity contribution in [1.82, 2.24) is 25.6 Å². The van der Waals surface area contributed by atoms with Crippen LogP contribution in [0.2, 0.25) is 0 Å². The number of amides is 2. The largest absolute Gasteiger partial charge is 0.383 e. The summed E-state index contributed by atoms with van der Waals surface area (Å²) >= 11 is 2.80. The van der Waals surface area contributed by atoms with Gasteiger partial charge in [-0.3, -0.25) is 9.59 Å². The molecule has 1 saturated heterocycles. The second-order valence-corrected chi connectivity index (χ2v) is 9.38. The number of thioether (sulfide) groups is 1. The lowest BCUT2D eigenvalue weighted by atomic mass is 10.1. The Morgan fingerprint density at radius 1 is 1.18 bits per heavy atom. The van der Waals surface area contributed by atoms with Crippen molar-refractivity contribution in [1.29, 1.82) is 0 Å². The smallest absolute Gasteiger partial charge is 0.276 e. The maximum atomic E-state index is 12.8. The van der Waals surface area contributed by atoms with Crippen LogP contribution in [0.15, 0.2) is 45.3 Å². The van der Waals surface area contributed by atoms with E-state index in [1.54, 1.807) is 18.1 Å². The van der Waals surface area contributed by atoms with E-state index in [2.05, 4.69) is 25.6 Å². The van der Waals surface area contributed by atoms with Gasteiger partial charge in [0.25, 0.3) is 5.91 Å². The van der Waals surface area contributed by atoms with Gasteiger partial charge in [-0.1, -0.05) is 58.6 Å². The lowest BCUT2D eigenvalue weighted by Crippen LogP contribution is -2.48. The second kappa shape index (κ2) is 11.3. The van der Waals surface area contributed by atoms with E-state index in [1.165, 1.54) is 23.1 Å². The molecule has 0 unspecified atom stereocenters. The molecule has 10 nitrogen and oxygen atoms in total. The van der Waals surface area contributed by atoms with E-state index in [0.29, 0.717) is 50.8 Å². The van der Waals surface area contributed by atoms with Gasteiger partial charge < -0.3 is 24.4 Å². The number of anilines is 1. The number of rotatable bonds is 9. The highest BCUT2D eigenvalue weighted by molar-refractivity contribution is 8.01. The standard InChI is InChI=1S/C21H24N6O4S2/c1-30-12-7-22-18(28)14-32-21-24-23-20(33-21)27-10-8-26(9-11-27)19(29)16-13-17(31-25-16)15-5-3-2-4-6-15/h2-6,13H,7-12,14H2,1H3,(H,22,28). The van der Waals surface area contributed by atoms with Crippen LogP contribution >= 0.6 is 23.1 Å². The van der Waals surface area contributed by atoms with Crippen molar-refractivity contribution >= 4 is 40.0 Å². The Hall–Kier alpha value is -2.96. The van der Waals surface area contributed by atoms with E-state index in [1.807, 2.05) is 30.3 Å². The Labute approximate surface area is 199 Å². The van der Waals surface area contributed by atoms with Crippen molar-refractivity contribution in [3.63, 3.8) is 0 Å². The molecular weight excluding hydrogens is 464 g/mol. The Balaban J connectivity index is 1.26. The Morgan fingerprint density at radius 2 is 1.97 bits per heavy atom. The molecule has 1 aliphatic rings. The summed E-state index contributed by atoms with van der Waals surface area (Å²) in [7, 11) is 1.59. The predicted octanol–water partition coefficient (Wildman–Crippen LogP) is 2.01. The van der Waals surface area contributed by atoms with Gasteiger partial charge in [0, 0.05) is 51.5 Å². The Kier molecular flexibility index (Phi) is 7.92. The zero-order chi connectivity index (χ0) is 23.0. The third-order valence-corrected chi connectivity index (χ3v) is 7.09. The van der Waals surface area contributed by atoms with E-state index < -0.39 is 0 Å². The van der Waals surface area contributed by atoms with Crippen molar-refractivity contribution in [2.24, 2.45) is 0 Å². The van der Waals surface area contributed by atoms with Gasteiger partial charge in [-0.15, -0.1) is 10.2 Å². The zero-order valence-electron chi connectivity index (χ0n) is 18.1. The molecule has 0 atom stereocenters. The highest BCUT2D eigenvalue weighted by atomic mass is 32.2. The summed E-state index contributed by atoms with van der Waals surface area (Å²) in [5.74, 6) is 0.644. The lowest BCUT2D eigenvalue weighted by Gasteiger charge is -2.33. The zero-order valence-corrected chi connectivity index (χ0v) is 19.7. The number of carbonyl (C=O) groups is 2. The van der Waals surface area contributed by atoms with Gasteiger partial charge in [-0.25, -0.2) is 0 Å². The highest BCUT2D eigenvalue weighted by Gasteiger charge is 2.26. The van der Waals surface area contributed by atoms with Gasteiger partial charge in [0.15, 0.2) is 15.8 Å². The molecule has 0 bridgehead atoms. The van der Waals surface area contributed by atoms with Crippen LogP contribution in [0.25, 0.3) is 11.3 Å². The molecule has 1 aliphatic heterocycles. The van der Waals surface area contributed by atoms with Crippen LogP contribution in [0.4, 0.5) is 5.13 Å². The van der Waals surface area contributed by atoms with Crippen molar-refractivity contribution in [2.75, 3.05) is 57.1 Å². The molecule has 2 aromatic heterocycles. The molecular formula is C21H24N6O4S2. The van der Waals surface area contributed by atoms with Gasteiger partial charge in [0.05, 0.1) is 12.4 Å². The fourth-order valence-electron chi connectivity index (χ4n) is 3.24. The first kappa shape index (κ1) is 23.2. The van der Waals surface area contributed by atoms with Gasteiger partial charge >= 0.3 is 0 Å². The van der Waals surface area contributed by atoms with E-state index in [9.17, 15) is 9.59 Å². The van der Waals surface area contributed by atoms with Crippen LogP contribution in [0.5, 0.6) is 0 Å². The lowest BCUT2D eigenvalue weighted by molar-refractivity contribution is -0.118. The number of benzene rings is 1. The number of nitrogens with one attached hydrogen (secondary N) is 1. The topological polar surface area (TPSA) is 114 Å². The summed E-state index contributed by atoms with van der Waals surface area (Å²) in [6.45, 7) is 3.37. The molecule has 3 heterocycles. The van der Waals surface area contributed by atoms with Crippen LogP contribution < -0.4 is 10.2 Å². The van der Waals surface area contributed by atoms with Gasteiger partial charge in [-0.05, 0) is 0 Å². The van der Waals surface area contributed by atoms with Crippen LogP contribution in [0, 0.1) is 0 Å². The average Bonchev–Trinajstić information content (AvgIpc) is 3.54. The summed E-state index contributed by atoms with van der Waals surface area (Å²) in [6.07, 6.45) is 0. The van der Waals surface area contributed by atoms with E-state index in [4.69, 9.17) is 9.26 Å². The number of piperazine rings is 1. The molecule has 0 spiro atoms. The van der Waals surface area contributed by atoms with E-state index in [-0.39, 0.29) is 17.6 Å². The minimum absolute atomic E-state index is 0.0656. The quantitative estimate of drug-likeness (QED) is 0.357. The molecule has 0 aliphatic carbocycles. The minimum Gasteiger partial charge on any atom is -0.383 e. The Bertz CT molecular complexity index is 1070. The van der Waals surface area contributed by atoms with Crippen LogP contribution in [0.3, 0.4) is 0 Å². The summed E-state index contributed by atoms with van der Waals surface area (Å²) < 4.78 is 11.0. The third kappa shape index (κ3) is 6.09. The normalized spacial score (nSPS) is 13.8. The van der Waals surface area contributed by atoms with Crippen molar-refractivity contribution in [3.05, 3.63) is 42.1 Å². The molecule has 2 amide bonds. The fourth-order valence-corrected chi connectivity index (χ4v) is 4.96. The van der Waals surface area contributed by atoms with E-state index in [0.717, 1.165) is 15.0 Å². The Morgan fingerprint density at radius 3 is 2.73 bits per heavy atom. The fraction of sp³-hybridized carbons (Fsp3) is 0.381. The molecule has 0 saturated carbocycles. The molecule has 12 heteroatoms. The number of methoxy groups -OCH3 is 1. The van der Waals surface area contributed by atoms with Gasteiger partial charge in [0.2, 0.25) is 11.0 Å². The first-order valence-electron chi connectivity index (χ1n) is 10.4. The monoisotopic (exact) mass is 488 g/mol. The maximum absolute atomic E-state index is 12.8. The van der Waals surface area contributed by atoms with Gasteiger partial charge in [0.1, 0.15) is 0 Å². The van der Waals surface area contributed by atoms with Crippen LogP contribution in [-0.4, -0.2) is 84.3 Å². The maximum Gasteiger partial charge on any atom is 0.276 e. The molecule has 1 fully saturated rings. The second-order valence-electron chi connectivity index (χ2n) is 7.20. The molecule has 0 radical (unpaired) electrons. The predicted molar refractivity (Wildman–Crippen MR) is 126 cm³/mol. The van der Waals surface area contributed by atoms with Gasteiger partial charge in [-0.2, -0.15) is 0 Å². The van der Waals surface area contributed by atoms with Crippen LogP contribution in [-0.2, 0) is 9.53 Å². The summed E-state index contributed by atoms with van der Waals surface area (Å²) in [5, 5.41) is 16.0. The summed E-state index contributed by atoms with van der Waals surface area (Å²) in [6, 6.07) is 11.3. The highest BCUT2D eigenvalue weighted by Crippen LogP contribution is 2.29. The molecule has 1 aromatic carbocycles. The number of hydrogen-bond donors (Lipinski definition) is 1. The first-order chi connectivity index (χ1) is 16.1. The van der Waals surface area contributed by atoms with Crippen molar-refractivity contribution in [2.45, 2.75) is 4.34 Å². The molecule has 4 rings (SSSR count). The number of aromatic nitrogens is 3. The third-order valence-electron chi connectivity index (χ3n) is 4.98.